The minimum Gasteiger partial charge on any atom is -0.505 e. The van der Waals surface area contributed by atoms with Gasteiger partial charge >= 0.3 is 5.97 Å². The number of carboxylic acid groups (broad SMARTS) is 1. The van der Waals surface area contributed by atoms with Crippen molar-refractivity contribution in [1.29, 1.82) is 0 Å². The van der Waals surface area contributed by atoms with Crippen molar-refractivity contribution < 1.29 is 24.5 Å². The smallest absolute Gasteiger partial charge is 0.338 e. The van der Waals surface area contributed by atoms with E-state index in [1.165, 1.54) is 19.9 Å². The van der Waals surface area contributed by atoms with Crippen LogP contribution in [0.15, 0.2) is 24.3 Å². The number of pyridine rings is 1. The zero-order chi connectivity index (χ0) is 17.9. The second-order valence-corrected chi connectivity index (χ2v) is 5.15. The van der Waals surface area contributed by atoms with Crippen molar-refractivity contribution in [2.45, 2.75) is 13.8 Å². The van der Waals surface area contributed by atoms with Crippen LogP contribution in [0, 0.1) is 6.92 Å². The summed E-state index contributed by atoms with van der Waals surface area (Å²) in [5.41, 5.74) is 0.522. The van der Waals surface area contributed by atoms with Gasteiger partial charge in [0, 0.05) is 0 Å². The van der Waals surface area contributed by atoms with Crippen LogP contribution in [0.2, 0.25) is 0 Å². The van der Waals surface area contributed by atoms with Crippen LogP contribution in [-0.2, 0) is 0 Å². The molecule has 0 aliphatic carbocycles. The quantitative estimate of drug-likeness (QED) is 0.819. The SMILES string of the molecule is COc1cccc(C=Cc2nc(C)c(O)c(C(C)=O)c2C(=O)O)c1. The Kier molecular flexibility index (Phi) is 4.99. The van der Waals surface area contributed by atoms with Gasteiger partial charge in [-0.25, -0.2) is 9.78 Å². The maximum absolute atomic E-state index is 11.8. The van der Waals surface area contributed by atoms with Gasteiger partial charge in [-0.2, -0.15) is 0 Å². The molecule has 0 fully saturated rings. The molecule has 0 unspecified atom stereocenters. The van der Waals surface area contributed by atoms with Crippen molar-refractivity contribution in [3.05, 3.63) is 52.3 Å². The molecule has 2 N–H and O–H groups in total. The highest BCUT2D eigenvalue weighted by Gasteiger charge is 2.24. The molecule has 24 heavy (non-hydrogen) atoms. The predicted octanol–water partition coefficient (Wildman–Crippen LogP) is 3.18. The second-order valence-electron chi connectivity index (χ2n) is 5.15. The molecule has 6 heteroatoms. The lowest BCUT2D eigenvalue weighted by Crippen LogP contribution is -2.12. The highest BCUT2D eigenvalue weighted by Crippen LogP contribution is 2.28. The van der Waals surface area contributed by atoms with Crippen molar-refractivity contribution >= 4 is 23.9 Å². The van der Waals surface area contributed by atoms with Gasteiger partial charge in [0.15, 0.2) is 5.78 Å². The summed E-state index contributed by atoms with van der Waals surface area (Å²) in [6.45, 7) is 2.72. The molecule has 0 bridgehead atoms. The summed E-state index contributed by atoms with van der Waals surface area (Å²) < 4.78 is 5.13. The highest BCUT2D eigenvalue weighted by molar-refractivity contribution is 6.08. The number of ketones is 1. The Balaban J connectivity index is 2.59. The largest absolute Gasteiger partial charge is 0.505 e. The van der Waals surface area contributed by atoms with E-state index in [0.717, 1.165) is 5.56 Å². The van der Waals surface area contributed by atoms with Crippen molar-refractivity contribution in [1.82, 2.24) is 4.98 Å². The maximum atomic E-state index is 11.8. The monoisotopic (exact) mass is 327 g/mol. The van der Waals surface area contributed by atoms with E-state index in [1.54, 1.807) is 31.4 Å². The third-order valence-corrected chi connectivity index (χ3v) is 3.47. The van der Waals surface area contributed by atoms with Gasteiger partial charge in [-0.1, -0.05) is 18.2 Å². The maximum Gasteiger partial charge on any atom is 0.338 e. The van der Waals surface area contributed by atoms with Gasteiger partial charge in [-0.15, -0.1) is 0 Å². The van der Waals surface area contributed by atoms with Crippen LogP contribution in [0.4, 0.5) is 0 Å². The molecule has 0 amide bonds. The van der Waals surface area contributed by atoms with E-state index in [-0.39, 0.29) is 22.5 Å². The lowest BCUT2D eigenvalue weighted by atomic mass is 10.00. The molecule has 1 aromatic heterocycles. The van der Waals surface area contributed by atoms with E-state index in [1.807, 2.05) is 6.07 Å². The summed E-state index contributed by atoms with van der Waals surface area (Å²) in [6, 6.07) is 7.18. The van der Waals surface area contributed by atoms with Crippen LogP contribution in [0.25, 0.3) is 12.2 Å². The van der Waals surface area contributed by atoms with Crippen LogP contribution in [0.3, 0.4) is 0 Å². The number of Topliss-reactive ketones (excluding diaryl/α,β-unsaturated/α-hetero) is 1. The summed E-state index contributed by atoms with van der Waals surface area (Å²) >= 11 is 0. The summed E-state index contributed by atoms with van der Waals surface area (Å²) in [5.74, 6) is -1.60. The van der Waals surface area contributed by atoms with E-state index >= 15 is 0 Å². The van der Waals surface area contributed by atoms with Crippen molar-refractivity contribution in [3.63, 3.8) is 0 Å². The second kappa shape index (κ2) is 6.95. The van der Waals surface area contributed by atoms with E-state index in [4.69, 9.17) is 4.74 Å². The number of hydrogen-bond acceptors (Lipinski definition) is 5. The molecule has 0 radical (unpaired) electrons. The first-order chi connectivity index (χ1) is 11.3. The number of benzene rings is 1. The van der Waals surface area contributed by atoms with Crippen LogP contribution in [0.5, 0.6) is 11.5 Å². The van der Waals surface area contributed by atoms with Gasteiger partial charge in [0.05, 0.1) is 29.6 Å². The number of aromatic nitrogens is 1. The molecule has 6 nitrogen and oxygen atoms in total. The van der Waals surface area contributed by atoms with E-state index < -0.39 is 17.5 Å². The van der Waals surface area contributed by atoms with Gasteiger partial charge in [-0.05, 0) is 37.6 Å². The molecule has 0 saturated heterocycles. The normalized spacial score (nSPS) is 10.8. The number of carbonyl (C=O) groups is 2. The van der Waals surface area contributed by atoms with Crippen LogP contribution < -0.4 is 4.74 Å². The molecule has 2 rings (SSSR count). The fourth-order valence-corrected chi connectivity index (χ4v) is 2.32. The lowest BCUT2D eigenvalue weighted by molar-refractivity contribution is 0.0690. The fraction of sp³-hybridized carbons (Fsp3) is 0.167. The molecule has 0 saturated carbocycles. The van der Waals surface area contributed by atoms with Gasteiger partial charge in [0.1, 0.15) is 11.5 Å². The molecule has 2 aromatic rings. The standard InChI is InChI=1S/C18H17NO5/c1-10-17(21)15(11(2)20)16(18(22)23)14(19-10)8-7-12-5-4-6-13(9-12)24-3/h4-9,21H,1-3H3,(H,22,23). The predicted molar refractivity (Wildman–Crippen MR) is 89.5 cm³/mol. The van der Waals surface area contributed by atoms with Crippen LogP contribution >= 0.6 is 0 Å². The van der Waals surface area contributed by atoms with Crippen molar-refractivity contribution in [3.8, 4) is 11.5 Å². The zero-order valence-corrected chi connectivity index (χ0v) is 13.5. The average molecular weight is 327 g/mol. The first kappa shape index (κ1) is 17.2. The summed E-state index contributed by atoms with van der Waals surface area (Å²) in [6.07, 6.45) is 3.16. The molecular weight excluding hydrogens is 310 g/mol. The Morgan fingerprint density at radius 2 is 1.92 bits per heavy atom. The number of nitrogens with zero attached hydrogens (tertiary/aromatic N) is 1. The fourth-order valence-electron chi connectivity index (χ4n) is 2.32. The molecule has 0 aliphatic rings. The van der Waals surface area contributed by atoms with E-state index in [2.05, 4.69) is 4.98 Å². The number of aromatic hydroxyl groups is 1. The number of carboxylic acids is 1. The number of aryl methyl sites for hydroxylation is 1. The zero-order valence-electron chi connectivity index (χ0n) is 13.5. The number of ether oxygens (including phenoxy) is 1. The first-order valence-corrected chi connectivity index (χ1v) is 7.15. The molecule has 124 valence electrons. The minimum atomic E-state index is -1.33. The molecule has 1 heterocycles. The van der Waals surface area contributed by atoms with E-state index in [0.29, 0.717) is 5.75 Å². The number of methoxy groups -OCH3 is 1. The van der Waals surface area contributed by atoms with Gasteiger partial charge < -0.3 is 14.9 Å². The Labute approximate surface area is 139 Å². The first-order valence-electron chi connectivity index (χ1n) is 7.15. The Hall–Kier alpha value is -3.15. The lowest BCUT2D eigenvalue weighted by Gasteiger charge is -2.11. The number of aromatic carboxylic acids is 1. The Morgan fingerprint density at radius 3 is 2.50 bits per heavy atom. The Morgan fingerprint density at radius 1 is 1.21 bits per heavy atom. The number of rotatable bonds is 5. The highest BCUT2D eigenvalue weighted by atomic mass is 16.5. The van der Waals surface area contributed by atoms with Gasteiger partial charge in [-0.3, -0.25) is 4.79 Å². The van der Waals surface area contributed by atoms with Crippen LogP contribution in [-0.4, -0.2) is 34.1 Å². The van der Waals surface area contributed by atoms with Gasteiger partial charge in [0.25, 0.3) is 0 Å². The third kappa shape index (κ3) is 3.43. The molecule has 0 atom stereocenters. The van der Waals surface area contributed by atoms with E-state index in [9.17, 15) is 19.8 Å². The molecule has 1 aromatic carbocycles. The molecule has 0 aliphatic heterocycles. The Bertz CT molecular complexity index is 840. The average Bonchev–Trinajstić information content (AvgIpc) is 2.54. The topological polar surface area (TPSA) is 96.7 Å². The summed E-state index contributed by atoms with van der Waals surface area (Å²) in [4.78, 5) is 27.4. The summed E-state index contributed by atoms with van der Waals surface area (Å²) in [7, 11) is 1.55. The van der Waals surface area contributed by atoms with Gasteiger partial charge in [0.2, 0.25) is 0 Å². The van der Waals surface area contributed by atoms with Crippen LogP contribution in [0.1, 0.15) is 44.6 Å². The number of hydrogen-bond donors (Lipinski definition) is 2. The number of carbonyl (C=O) groups excluding carboxylic acids is 1. The molecule has 0 spiro atoms. The molecular formula is C18H17NO5. The van der Waals surface area contributed by atoms with Crippen molar-refractivity contribution in [2.75, 3.05) is 7.11 Å². The third-order valence-electron chi connectivity index (χ3n) is 3.47. The minimum absolute atomic E-state index is 0.103. The van der Waals surface area contributed by atoms with Crippen molar-refractivity contribution in [2.24, 2.45) is 0 Å². The summed E-state index contributed by atoms with van der Waals surface area (Å²) in [5, 5.41) is 19.4.